The van der Waals surface area contributed by atoms with Gasteiger partial charge in [0.2, 0.25) is 10.0 Å². The molecule has 0 aliphatic carbocycles. The molecule has 0 amide bonds. The molecule has 0 saturated heterocycles. The van der Waals surface area contributed by atoms with Gasteiger partial charge in [0.25, 0.3) is 0 Å². The number of nitrogens with zero attached hydrogens (tertiary/aromatic N) is 1. The number of sulfonamides is 1. The van der Waals surface area contributed by atoms with Crippen molar-refractivity contribution in [1.82, 2.24) is 9.88 Å². The Morgan fingerprint density at radius 2 is 2.05 bits per heavy atom. The standard InChI is InChI=1S/C13H15FN2O4S/c1-9-13(10(2)20-16-9)21(17,18)15-7-8-19-12-6-4-3-5-11(12)14/h3-6,15H,7-8H2,1-2H3. The molecule has 1 heterocycles. The van der Waals surface area contributed by atoms with Crippen LogP contribution >= 0.6 is 0 Å². The first-order valence-electron chi connectivity index (χ1n) is 6.21. The van der Waals surface area contributed by atoms with E-state index in [0.29, 0.717) is 0 Å². The number of hydrogen-bond donors (Lipinski definition) is 1. The molecule has 8 heteroatoms. The van der Waals surface area contributed by atoms with Gasteiger partial charge in [-0.2, -0.15) is 0 Å². The van der Waals surface area contributed by atoms with E-state index in [9.17, 15) is 12.8 Å². The predicted octanol–water partition coefficient (Wildman–Crippen LogP) is 1.79. The topological polar surface area (TPSA) is 81.4 Å². The van der Waals surface area contributed by atoms with Crippen LogP contribution in [-0.4, -0.2) is 26.7 Å². The fraction of sp³-hybridized carbons (Fsp3) is 0.308. The van der Waals surface area contributed by atoms with Crippen LogP contribution in [0.3, 0.4) is 0 Å². The number of rotatable bonds is 6. The van der Waals surface area contributed by atoms with Crippen molar-refractivity contribution in [3.63, 3.8) is 0 Å². The summed E-state index contributed by atoms with van der Waals surface area (Å²) >= 11 is 0. The van der Waals surface area contributed by atoms with E-state index >= 15 is 0 Å². The zero-order valence-electron chi connectivity index (χ0n) is 11.6. The fourth-order valence-electron chi connectivity index (χ4n) is 1.83. The van der Waals surface area contributed by atoms with Crippen molar-refractivity contribution in [2.45, 2.75) is 18.7 Å². The van der Waals surface area contributed by atoms with Crippen molar-refractivity contribution >= 4 is 10.0 Å². The number of nitrogens with one attached hydrogen (secondary N) is 1. The number of aryl methyl sites for hydroxylation is 2. The Labute approximate surface area is 122 Å². The normalized spacial score (nSPS) is 11.6. The molecule has 2 rings (SSSR count). The van der Waals surface area contributed by atoms with Crippen LogP contribution in [0.25, 0.3) is 0 Å². The zero-order valence-corrected chi connectivity index (χ0v) is 12.4. The van der Waals surface area contributed by atoms with Gasteiger partial charge in [-0.25, -0.2) is 17.5 Å². The summed E-state index contributed by atoms with van der Waals surface area (Å²) in [7, 11) is -3.72. The Balaban J connectivity index is 1.93. The lowest BCUT2D eigenvalue weighted by Crippen LogP contribution is -2.29. The van der Waals surface area contributed by atoms with Gasteiger partial charge in [0.15, 0.2) is 17.3 Å². The Bertz CT molecular complexity index is 708. The highest BCUT2D eigenvalue weighted by Gasteiger charge is 2.23. The molecule has 0 aliphatic heterocycles. The van der Waals surface area contributed by atoms with Gasteiger partial charge in [-0.1, -0.05) is 17.3 Å². The molecule has 1 aromatic carbocycles. The molecule has 0 unspecified atom stereocenters. The van der Waals surface area contributed by atoms with Gasteiger partial charge in [0.1, 0.15) is 17.2 Å². The predicted molar refractivity (Wildman–Crippen MR) is 73.1 cm³/mol. The zero-order chi connectivity index (χ0) is 15.5. The average molecular weight is 314 g/mol. The van der Waals surface area contributed by atoms with Gasteiger partial charge in [0, 0.05) is 6.54 Å². The Hall–Kier alpha value is -1.93. The quantitative estimate of drug-likeness (QED) is 0.822. The van der Waals surface area contributed by atoms with E-state index in [1.807, 2.05) is 0 Å². The van der Waals surface area contributed by atoms with Crippen LogP contribution in [0.1, 0.15) is 11.5 Å². The SMILES string of the molecule is Cc1noc(C)c1S(=O)(=O)NCCOc1ccccc1F. The summed E-state index contributed by atoms with van der Waals surface area (Å²) in [6.07, 6.45) is 0. The summed E-state index contributed by atoms with van der Waals surface area (Å²) in [5.74, 6) is -0.199. The fourth-order valence-corrected chi connectivity index (χ4v) is 3.17. The van der Waals surface area contributed by atoms with E-state index < -0.39 is 15.8 Å². The number of aromatic nitrogens is 1. The lowest BCUT2D eigenvalue weighted by Gasteiger charge is -2.08. The van der Waals surface area contributed by atoms with E-state index in [1.54, 1.807) is 19.1 Å². The van der Waals surface area contributed by atoms with Gasteiger partial charge < -0.3 is 9.26 Å². The third kappa shape index (κ3) is 3.59. The molecule has 1 aromatic heterocycles. The molecule has 1 N–H and O–H groups in total. The molecule has 0 radical (unpaired) electrons. The van der Waals surface area contributed by atoms with Crippen LogP contribution < -0.4 is 9.46 Å². The van der Waals surface area contributed by atoms with Crippen LogP contribution in [-0.2, 0) is 10.0 Å². The average Bonchev–Trinajstić information content (AvgIpc) is 2.77. The molecule has 0 bridgehead atoms. The number of para-hydroxylation sites is 1. The summed E-state index contributed by atoms with van der Waals surface area (Å²) in [6.45, 7) is 3.07. The van der Waals surface area contributed by atoms with Crippen molar-refractivity contribution in [3.8, 4) is 5.75 Å². The largest absolute Gasteiger partial charge is 0.489 e. The van der Waals surface area contributed by atoms with Gasteiger partial charge in [-0.05, 0) is 26.0 Å². The van der Waals surface area contributed by atoms with E-state index in [2.05, 4.69) is 9.88 Å². The van der Waals surface area contributed by atoms with Gasteiger partial charge >= 0.3 is 0 Å². The van der Waals surface area contributed by atoms with Crippen molar-refractivity contribution in [3.05, 3.63) is 41.5 Å². The minimum atomic E-state index is -3.72. The Kier molecular flexibility index (Phi) is 4.59. The molecular weight excluding hydrogens is 299 g/mol. The molecule has 0 spiro atoms. The number of ether oxygens (including phenoxy) is 1. The van der Waals surface area contributed by atoms with Crippen LogP contribution in [0.4, 0.5) is 4.39 Å². The second kappa shape index (κ2) is 6.23. The van der Waals surface area contributed by atoms with Gasteiger partial charge in [0.05, 0.1) is 0 Å². The van der Waals surface area contributed by atoms with Crippen LogP contribution in [0.2, 0.25) is 0 Å². The maximum atomic E-state index is 13.3. The summed E-state index contributed by atoms with van der Waals surface area (Å²) in [5.41, 5.74) is 0.287. The van der Waals surface area contributed by atoms with E-state index in [1.165, 1.54) is 19.1 Å². The second-order valence-corrected chi connectivity index (χ2v) is 6.03. The van der Waals surface area contributed by atoms with Crippen LogP contribution in [0.5, 0.6) is 5.75 Å². The highest BCUT2D eigenvalue weighted by atomic mass is 32.2. The van der Waals surface area contributed by atoms with Gasteiger partial charge in [-0.15, -0.1) is 0 Å². The van der Waals surface area contributed by atoms with E-state index in [-0.39, 0.29) is 35.3 Å². The monoisotopic (exact) mass is 314 g/mol. The van der Waals surface area contributed by atoms with Crippen LogP contribution in [0.15, 0.2) is 33.7 Å². The first kappa shape index (κ1) is 15.5. The molecule has 0 atom stereocenters. The molecule has 0 fully saturated rings. The van der Waals surface area contributed by atoms with Crippen molar-refractivity contribution < 1.29 is 22.1 Å². The molecule has 114 valence electrons. The molecule has 0 aliphatic rings. The van der Waals surface area contributed by atoms with Crippen molar-refractivity contribution in [1.29, 1.82) is 0 Å². The summed E-state index contributed by atoms with van der Waals surface area (Å²) in [4.78, 5) is 0.0217. The molecule has 0 saturated carbocycles. The first-order chi connectivity index (χ1) is 9.92. The number of halogens is 1. The minimum Gasteiger partial charge on any atom is -0.489 e. The first-order valence-corrected chi connectivity index (χ1v) is 7.70. The summed E-state index contributed by atoms with van der Waals surface area (Å²) in [5, 5.41) is 3.59. The van der Waals surface area contributed by atoms with Crippen molar-refractivity contribution in [2.75, 3.05) is 13.2 Å². The maximum absolute atomic E-state index is 13.3. The molecule has 6 nitrogen and oxygen atoms in total. The molecule has 21 heavy (non-hydrogen) atoms. The Morgan fingerprint density at radius 1 is 1.33 bits per heavy atom. The summed E-state index contributed by atoms with van der Waals surface area (Å²) in [6, 6.07) is 5.91. The lowest BCUT2D eigenvalue weighted by molar-refractivity contribution is 0.306. The van der Waals surface area contributed by atoms with E-state index in [4.69, 9.17) is 9.26 Å². The smallest absolute Gasteiger partial charge is 0.246 e. The molecular formula is C13H15FN2O4S. The highest BCUT2D eigenvalue weighted by Crippen LogP contribution is 2.18. The molecule has 2 aromatic rings. The van der Waals surface area contributed by atoms with Crippen LogP contribution in [0, 0.1) is 19.7 Å². The highest BCUT2D eigenvalue weighted by molar-refractivity contribution is 7.89. The number of benzene rings is 1. The second-order valence-electron chi connectivity index (χ2n) is 4.33. The Morgan fingerprint density at radius 3 is 2.67 bits per heavy atom. The minimum absolute atomic E-state index is 0.000722. The van der Waals surface area contributed by atoms with E-state index in [0.717, 1.165) is 0 Å². The third-order valence-electron chi connectivity index (χ3n) is 2.72. The number of hydrogen-bond acceptors (Lipinski definition) is 5. The maximum Gasteiger partial charge on any atom is 0.246 e. The summed E-state index contributed by atoms with van der Waals surface area (Å²) < 4.78 is 49.8. The van der Waals surface area contributed by atoms with Crippen molar-refractivity contribution in [2.24, 2.45) is 0 Å². The lowest BCUT2D eigenvalue weighted by atomic mass is 10.3. The van der Waals surface area contributed by atoms with Gasteiger partial charge in [-0.3, -0.25) is 0 Å². The third-order valence-corrected chi connectivity index (χ3v) is 4.43.